The summed E-state index contributed by atoms with van der Waals surface area (Å²) in [4.78, 5) is 15.7. The van der Waals surface area contributed by atoms with Crippen LogP contribution in [-0.4, -0.2) is 22.0 Å². The molecule has 5 nitrogen and oxygen atoms in total. The number of nitrogens with zero attached hydrogens (tertiary/aromatic N) is 2. The van der Waals surface area contributed by atoms with E-state index in [0.717, 1.165) is 46.4 Å². The Bertz CT molecular complexity index is 1480. The molecule has 0 saturated carbocycles. The summed E-state index contributed by atoms with van der Waals surface area (Å²) >= 11 is 0. The topological polar surface area (TPSA) is 43.7 Å². The molecule has 0 aliphatic carbocycles. The Labute approximate surface area is 205 Å². The number of fused-ring (bicyclic) bond motifs is 3. The molecule has 5 heteroatoms. The van der Waals surface area contributed by atoms with Crippen LogP contribution < -0.4 is 9.47 Å². The highest BCUT2D eigenvalue weighted by Crippen LogP contribution is 2.44. The Morgan fingerprint density at radius 1 is 1.06 bits per heavy atom. The van der Waals surface area contributed by atoms with Gasteiger partial charge in [0.1, 0.15) is 18.2 Å². The molecule has 6 rings (SSSR count). The largest absolute Gasteiger partial charge is 0.477 e. The van der Waals surface area contributed by atoms with Gasteiger partial charge in [-0.1, -0.05) is 48.5 Å². The van der Waals surface area contributed by atoms with Gasteiger partial charge in [-0.3, -0.25) is 9.69 Å². The van der Waals surface area contributed by atoms with Crippen LogP contribution in [0.15, 0.2) is 72.6 Å². The minimum atomic E-state index is -0.0764. The van der Waals surface area contributed by atoms with Gasteiger partial charge in [0.15, 0.2) is 5.76 Å². The Morgan fingerprint density at radius 2 is 1.83 bits per heavy atom. The maximum Gasteiger partial charge on any atom is 0.231 e. The molecule has 0 N–H and O–H groups in total. The molecule has 0 amide bonds. The lowest BCUT2D eigenvalue weighted by molar-refractivity contribution is 0.0609. The molecule has 3 heterocycles. The van der Waals surface area contributed by atoms with Crippen LogP contribution in [0.4, 0.5) is 0 Å². The van der Waals surface area contributed by atoms with Crippen molar-refractivity contribution in [3.63, 3.8) is 0 Å². The van der Waals surface area contributed by atoms with Gasteiger partial charge in [-0.05, 0) is 44.5 Å². The van der Waals surface area contributed by atoms with E-state index in [-0.39, 0.29) is 11.8 Å². The van der Waals surface area contributed by atoms with E-state index in [1.807, 2.05) is 37.3 Å². The van der Waals surface area contributed by atoms with E-state index in [9.17, 15) is 4.79 Å². The van der Waals surface area contributed by atoms with Crippen molar-refractivity contribution >= 4 is 22.8 Å². The summed E-state index contributed by atoms with van der Waals surface area (Å²) in [6.07, 6.45) is 3.96. The Hall–Kier alpha value is -3.83. The second kappa shape index (κ2) is 8.43. The molecule has 1 aromatic heterocycles. The van der Waals surface area contributed by atoms with Crippen molar-refractivity contribution in [1.29, 1.82) is 0 Å². The highest BCUT2D eigenvalue weighted by atomic mass is 16.5. The summed E-state index contributed by atoms with van der Waals surface area (Å²) in [5, 5.41) is 1.11. The number of hydrogen-bond donors (Lipinski definition) is 0. The molecular weight excluding hydrogens is 436 g/mol. The van der Waals surface area contributed by atoms with Crippen LogP contribution in [0, 0.1) is 6.92 Å². The molecule has 0 spiro atoms. The van der Waals surface area contributed by atoms with E-state index >= 15 is 0 Å². The number of carbonyl (C=O) groups is 1. The zero-order valence-electron chi connectivity index (χ0n) is 20.2. The van der Waals surface area contributed by atoms with Crippen LogP contribution in [0.25, 0.3) is 17.0 Å². The number of aromatic nitrogens is 1. The monoisotopic (exact) mass is 464 g/mol. The third-order valence-corrected chi connectivity index (χ3v) is 7.24. The summed E-state index contributed by atoms with van der Waals surface area (Å²) in [5.41, 5.74) is 5.91. The Morgan fingerprint density at radius 3 is 2.63 bits per heavy atom. The van der Waals surface area contributed by atoms with Gasteiger partial charge in [-0.15, -0.1) is 0 Å². The smallest absolute Gasteiger partial charge is 0.231 e. The number of allylic oxidation sites excluding steroid dienone is 1. The number of para-hydroxylation sites is 1. The first kappa shape index (κ1) is 21.7. The van der Waals surface area contributed by atoms with Crippen molar-refractivity contribution in [3.8, 4) is 11.5 Å². The van der Waals surface area contributed by atoms with Gasteiger partial charge in [0.2, 0.25) is 5.78 Å². The SMILES string of the molecule is CCn1cc(/C=C2\Oc3c(cc4c(c3C)OCN(C(C)c3ccccc3)C4)C2=O)c2ccccc21. The maximum atomic E-state index is 13.4. The van der Waals surface area contributed by atoms with E-state index in [1.54, 1.807) is 0 Å². The zero-order valence-corrected chi connectivity index (χ0v) is 20.2. The normalized spacial score (nSPS) is 17.2. The van der Waals surface area contributed by atoms with Gasteiger partial charge in [0, 0.05) is 52.9 Å². The van der Waals surface area contributed by atoms with Crippen LogP contribution >= 0.6 is 0 Å². The van der Waals surface area contributed by atoms with Crippen LogP contribution in [0.2, 0.25) is 0 Å². The number of ether oxygens (including phenoxy) is 2. The van der Waals surface area contributed by atoms with E-state index < -0.39 is 0 Å². The van der Waals surface area contributed by atoms with E-state index in [4.69, 9.17) is 9.47 Å². The lowest BCUT2D eigenvalue weighted by Crippen LogP contribution is -2.34. The molecule has 4 aromatic rings. The van der Waals surface area contributed by atoms with Gasteiger partial charge in [-0.2, -0.15) is 0 Å². The van der Waals surface area contributed by atoms with Crippen molar-refractivity contribution in [2.45, 2.75) is 39.9 Å². The number of aryl methyl sites for hydroxylation is 1. The molecule has 0 saturated heterocycles. The number of rotatable bonds is 4. The van der Waals surface area contributed by atoms with Crippen LogP contribution in [-0.2, 0) is 13.1 Å². The molecule has 2 aliphatic heterocycles. The Kier molecular flexibility index (Phi) is 5.23. The fourth-order valence-electron chi connectivity index (χ4n) is 5.25. The average molecular weight is 465 g/mol. The summed E-state index contributed by atoms with van der Waals surface area (Å²) in [6, 6.07) is 20.8. The predicted octanol–water partition coefficient (Wildman–Crippen LogP) is 6.50. The van der Waals surface area contributed by atoms with Gasteiger partial charge in [0.25, 0.3) is 0 Å². The van der Waals surface area contributed by atoms with Gasteiger partial charge < -0.3 is 14.0 Å². The quantitative estimate of drug-likeness (QED) is 0.324. The maximum absolute atomic E-state index is 13.4. The number of benzene rings is 3. The minimum Gasteiger partial charge on any atom is -0.477 e. The lowest BCUT2D eigenvalue weighted by Gasteiger charge is -2.34. The Balaban J connectivity index is 1.34. The fourth-order valence-corrected chi connectivity index (χ4v) is 5.25. The van der Waals surface area contributed by atoms with Gasteiger partial charge >= 0.3 is 0 Å². The number of ketones is 1. The van der Waals surface area contributed by atoms with E-state index in [0.29, 0.717) is 23.8 Å². The fraction of sp³-hybridized carbons (Fsp3) is 0.233. The first-order valence-electron chi connectivity index (χ1n) is 12.2. The van der Waals surface area contributed by atoms with Crippen molar-refractivity contribution in [2.75, 3.05) is 6.73 Å². The van der Waals surface area contributed by atoms with Crippen molar-refractivity contribution in [3.05, 3.63) is 100 Å². The molecule has 0 radical (unpaired) electrons. The summed E-state index contributed by atoms with van der Waals surface area (Å²) in [6.45, 7) is 8.36. The first-order chi connectivity index (χ1) is 17.0. The van der Waals surface area contributed by atoms with Crippen molar-refractivity contribution in [2.24, 2.45) is 0 Å². The second-order valence-corrected chi connectivity index (χ2v) is 9.30. The third kappa shape index (κ3) is 3.55. The molecule has 0 fully saturated rings. The van der Waals surface area contributed by atoms with Gasteiger partial charge in [-0.25, -0.2) is 0 Å². The molecular formula is C30H28N2O3. The average Bonchev–Trinajstić information content (AvgIpc) is 3.41. The molecule has 1 unspecified atom stereocenters. The van der Waals surface area contributed by atoms with Crippen molar-refractivity contribution in [1.82, 2.24) is 9.47 Å². The molecule has 176 valence electrons. The highest BCUT2D eigenvalue weighted by molar-refractivity contribution is 6.15. The second-order valence-electron chi connectivity index (χ2n) is 9.30. The summed E-state index contributed by atoms with van der Waals surface area (Å²) in [5.74, 6) is 1.73. The van der Waals surface area contributed by atoms with E-state index in [2.05, 4.69) is 65.9 Å². The standard InChI is InChI=1S/C30H28N2O3/c1-4-31-16-22(24-12-8-9-13-26(24)31)15-27-28(33)25-14-23-17-32(20(3)21-10-6-5-7-11-21)18-34-29(23)19(2)30(25)35-27/h5-16,20H,4,17-18H2,1-3H3/b27-15-. The number of Topliss-reactive ketones (excluding diaryl/α,β-unsaturated/α-hetero) is 1. The predicted molar refractivity (Wildman–Crippen MR) is 138 cm³/mol. The zero-order chi connectivity index (χ0) is 24.1. The highest BCUT2D eigenvalue weighted by Gasteiger charge is 2.34. The van der Waals surface area contributed by atoms with Crippen LogP contribution in [0.5, 0.6) is 11.5 Å². The third-order valence-electron chi connectivity index (χ3n) is 7.24. The lowest BCUT2D eigenvalue weighted by atomic mass is 9.99. The summed E-state index contributed by atoms with van der Waals surface area (Å²) in [7, 11) is 0. The van der Waals surface area contributed by atoms with Crippen LogP contribution in [0.3, 0.4) is 0 Å². The summed E-state index contributed by atoms with van der Waals surface area (Å²) < 4.78 is 14.6. The number of hydrogen-bond acceptors (Lipinski definition) is 4. The van der Waals surface area contributed by atoms with Gasteiger partial charge in [0.05, 0.1) is 5.56 Å². The molecule has 1 atom stereocenters. The minimum absolute atomic E-state index is 0.0764. The molecule has 2 aliphatic rings. The first-order valence-corrected chi connectivity index (χ1v) is 12.2. The molecule has 3 aromatic carbocycles. The van der Waals surface area contributed by atoms with Crippen LogP contribution in [0.1, 0.15) is 52.5 Å². The molecule has 35 heavy (non-hydrogen) atoms. The van der Waals surface area contributed by atoms with E-state index in [1.165, 1.54) is 5.56 Å². The molecule has 0 bridgehead atoms. The number of carbonyl (C=O) groups excluding carboxylic acids is 1. The van der Waals surface area contributed by atoms with Crippen molar-refractivity contribution < 1.29 is 14.3 Å².